The van der Waals surface area contributed by atoms with Gasteiger partial charge in [-0.3, -0.25) is 0 Å². The molecule has 0 spiro atoms. The molecular weight excluding hydrogens is 292 g/mol. The first-order valence-electron chi connectivity index (χ1n) is 7.22. The lowest BCUT2D eigenvalue weighted by molar-refractivity contribution is -0.0704. The van der Waals surface area contributed by atoms with Crippen LogP contribution in [0.1, 0.15) is 39.2 Å². The Bertz CT molecular complexity index is 585. The number of hydrogen-bond donors (Lipinski definition) is 2. The summed E-state index contributed by atoms with van der Waals surface area (Å²) in [6.07, 6.45) is -0.902. The number of carbonyl (C=O) groups is 1. The van der Waals surface area contributed by atoms with E-state index in [9.17, 15) is 23.8 Å². The summed E-state index contributed by atoms with van der Waals surface area (Å²) >= 11 is 0. The molecule has 2 N–H and O–H groups in total. The number of carboxylic acid groups (broad SMARTS) is 1. The van der Waals surface area contributed by atoms with Gasteiger partial charge >= 0.3 is 6.09 Å². The van der Waals surface area contributed by atoms with E-state index in [0.717, 1.165) is 12.1 Å². The molecule has 1 aromatic carbocycles. The number of hydrogen-bond acceptors (Lipinski definition) is 2. The zero-order chi connectivity index (χ0) is 16.7. The van der Waals surface area contributed by atoms with Crippen LogP contribution in [0, 0.1) is 17.0 Å². The number of nitrogens with zero attached hydrogens (tertiary/aromatic N) is 1. The van der Waals surface area contributed by atoms with Crippen molar-refractivity contribution in [2.75, 3.05) is 6.54 Å². The number of benzene rings is 1. The van der Waals surface area contributed by atoms with Gasteiger partial charge in [0.05, 0.1) is 5.60 Å². The first kappa shape index (κ1) is 16.7. The maximum atomic E-state index is 14.0. The molecule has 0 bridgehead atoms. The summed E-state index contributed by atoms with van der Waals surface area (Å²) in [6.45, 7) is 5.73. The van der Waals surface area contributed by atoms with Crippen LogP contribution in [0.2, 0.25) is 0 Å². The molecular formula is C16H21F2NO3. The van der Waals surface area contributed by atoms with Crippen LogP contribution in [0.15, 0.2) is 18.2 Å². The van der Waals surface area contributed by atoms with E-state index in [0.29, 0.717) is 0 Å². The molecule has 0 saturated carbocycles. The fourth-order valence-corrected chi connectivity index (χ4v) is 3.11. The second kappa shape index (κ2) is 5.50. The molecule has 0 aliphatic carbocycles. The van der Waals surface area contributed by atoms with Gasteiger partial charge in [-0.1, -0.05) is 26.8 Å². The maximum Gasteiger partial charge on any atom is 0.407 e. The van der Waals surface area contributed by atoms with E-state index >= 15 is 0 Å². The molecule has 1 aromatic rings. The minimum atomic E-state index is -1.50. The molecule has 1 heterocycles. The first-order chi connectivity index (χ1) is 10.0. The van der Waals surface area contributed by atoms with Crippen molar-refractivity contribution in [3.8, 4) is 0 Å². The fraction of sp³-hybridized carbons (Fsp3) is 0.562. The minimum absolute atomic E-state index is 0.0215. The number of rotatable bonds is 1. The monoisotopic (exact) mass is 313 g/mol. The predicted molar refractivity (Wildman–Crippen MR) is 77.5 cm³/mol. The average Bonchev–Trinajstić information content (AvgIpc) is 2.36. The Hall–Kier alpha value is -1.69. The van der Waals surface area contributed by atoms with Crippen LogP contribution in [0.25, 0.3) is 0 Å². The van der Waals surface area contributed by atoms with Gasteiger partial charge in [0, 0.05) is 30.6 Å². The van der Waals surface area contributed by atoms with Gasteiger partial charge in [0.25, 0.3) is 0 Å². The Morgan fingerprint density at radius 1 is 1.36 bits per heavy atom. The van der Waals surface area contributed by atoms with Gasteiger partial charge < -0.3 is 15.1 Å². The molecule has 6 heteroatoms. The number of amides is 1. The zero-order valence-electron chi connectivity index (χ0n) is 12.9. The first-order valence-corrected chi connectivity index (χ1v) is 7.22. The van der Waals surface area contributed by atoms with Crippen LogP contribution in [-0.4, -0.2) is 33.8 Å². The SMILES string of the molecule is CC(C)(C)C1CC(O)(c2ccc(F)cc2F)CCN1C(=O)O. The third-order valence-electron chi connectivity index (χ3n) is 4.35. The smallest absolute Gasteiger partial charge is 0.407 e. The van der Waals surface area contributed by atoms with Gasteiger partial charge in [-0.25, -0.2) is 13.6 Å². The molecule has 22 heavy (non-hydrogen) atoms. The summed E-state index contributed by atoms with van der Waals surface area (Å²) < 4.78 is 27.1. The molecule has 2 rings (SSSR count). The molecule has 0 radical (unpaired) electrons. The van der Waals surface area contributed by atoms with Crippen molar-refractivity contribution in [3.63, 3.8) is 0 Å². The van der Waals surface area contributed by atoms with Gasteiger partial charge in [0.1, 0.15) is 11.6 Å². The lowest BCUT2D eigenvalue weighted by Gasteiger charge is -2.48. The molecule has 0 aromatic heterocycles. The van der Waals surface area contributed by atoms with Gasteiger partial charge in [0.2, 0.25) is 0 Å². The number of likely N-dealkylation sites (tertiary alicyclic amines) is 1. The molecule has 2 unspecified atom stereocenters. The highest BCUT2D eigenvalue weighted by Gasteiger charge is 2.46. The summed E-state index contributed by atoms with van der Waals surface area (Å²) in [7, 11) is 0. The Morgan fingerprint density at radius 2 is 2.00 bits per heavy atom. The lowest BCUT2D eigenvalue weighted by Crippen LogP contribution is -2.56. The fourth-order valence-electron chi connectivity index (χ4n) is 3.11. The highest BCUT2D eigenvalue weighted by Crippen LogP contribution is 2.42. The van der Waals surface area contributed by atoms with Gasteiger partial charge in [-0.05, 0) is 17.9 Å². The standard InChI is InChI=1S/C16H21F2NO3/c1-15(2,3)13-9-16(22,6-7-19(13)14(20)21)11-5-4-10(17)8-12(11)18/h4-5,8,13,22H,6-7,9H2,1-3H3,(H,20,21). The van der Waals surface area contributed by atoms with E-state index in [1.165, 1.54) is 11.0 Å². The van der Waals surface area contributed by atoms with Crippen LogP contribution in [-0.2, 0) is 5.60 Å². The quantitative estimate of drug-likeness (QED) is 0.836. The molecule has 1 fully saturated rings. The van der Waals surface area contributed by atoms with Crippen LogP contribution in [0.5, 0.6) is 0 Å². The third-order valence-corrected chi connectivity index (χ3v) is 4.35. The van der Waals surface area contributed by atoms with E-state index in [1.54, 1.807) is 0 Å². The summed E-state index contributed by atoms with van der Waals surface area (Å²) in [5.74, 6) is -1.51. The lowest BCUT2D eigenvalue weighted by atomic mass is 9.72. The van der Waals surface area contributed by atoms with Gasteiger partial charge in [-0.15, -0.1) is 0 Å². The largest absolute Gasteiger partial charge is 0.465 e. The molecule has 1 saturated heterocycles. The Morgan fingerprint density at radius 3 is 2.50 bits per heavy atom. The Labute approximate surface area is 128 Å². The van der Waals surface area contributed by atoms with Crippen LogP contribution >= 0.6 is 0 Å². The second-order valence-electron chi connectivity index (χ2n) is 6.97. The van der Waals surface area contributed by atoms with Crippen molar-refractivity contribution in [2.24, 2.45) is 5.41 Å². The van der Waals surface area contributed by atoms with Crippen LogP contribution in [0.3, 0.4) is 0 Å². The van der Waals surface area contributed by atoms with Crippen molar-refractivity contribution in [1.82, 2.24) is 4.90 Å². The number of piperidine rings is 1. The van der Waals surface area contributed by atoms with Crippen LogP contribution in [0.4, 0.5) is 13.6 Å². The Kier molecular flexibility index (Phi) is 4.17. The summed E-state index contributed by atoms with van der Waals surface area (Å²) in [5, 5.41) is 20.2. The summed E-state index contributed by atoms with van der Waals surface area (Å²) in [4.78, 5) is 12.7. The van der Waals surface area contributed by atoms with Crippen molar-refractivity contribution in [3.05, 3.63) is 35.4 Å². The van der Waals surface area contributed by atoms with E-state index in [2.05, 4.69) is 0 Å². The second-order valence-corrected chi connectivity index (χ2v) is 6.97. The zero-order valence-corrected chi connectivity index (χ0v) is 12.9. The normalized spacial score (nSPS) is 26.1. The van der Waals surface area contributed by atoms with Crippen LogP contribution < -0.4 is 0 Å². The van der Waals surface area contributed by atoms with E-state index in [4.69, 9.17) is 0 Å². The molecule has 2 atom stereocenters. The minimum Gasteiger partial charge on any atom is -0.465 e. The van der Waals surface area contributed by atoms with Gasteiger partial charge in [-0.2, -0.15) is 0 Å². The molecule has 1 aliphatic rings. The highest BCUT2D eigenvalue weighted by molar-refractivity contribution is 5.66. The maximum absolute atomic E-state index is 14.0. The van der Waals surface area contributed by atoms with Crippen molar-refractivity contribution in [1.29, 1.82) is 0 Å². The molecule has 1 amide bonds. The van der Waals surface area contributed by atoms with Gasteiger partial charge in [0.15, 0.2) is 0 Å². The summed E-state index contributed by atoms with van der Waals surface area (Å²) in [5.41, 5.74) is -1.89. The average molecular weight is 313 g/mol. The molecule has 1 aliphatic heterocycles. The predicted octanol–water partition coefficient (Wildman–Crippen LogP) is 3.34. The molecule has 122 valence electrons. The van der Waals surface area contributed by atoms with E-state index in [1.807, 2.05) is 20.8 Å². The van der Waals surface area contributed by atoms with Crippen molar-refractivity contribution in [2.45, 2.75) is 45.3 Å². The highest BCUT2D eigenvalue weighted by atomic mass is 19.1. The molecule has 4 nitrogen and oxygen atoms in total. The van der Waals surface area contributed by atoms with E-state index < -0.39 is 34.8 Å². The summed E-state index contributed by atoms with van der Waals surface area (Å²) in [6, 6.07) is 2.61. The Balaban J connectivity index is 2.39. The van der Waals surface area contributed by atoms with Crippen molar-refractivity contribution >= 4 is 6.09 Å². The van der Waals surface area contributed by atoms with E-state index in [-0.39, 0.29) is 24.9 Å². The number of halogens is 2. The third kappa shape index (κ3) is 3.06. The van der Waals surface area contributed by atoms with Crippen molar-refractivity contribution < 1.29 is 23.8 Å². The topological polar surface area (TPSA) is 60.8 Å². The number of aliphatic hydroxyl groups is 1.